The first-order chi connectivity index (χ1) is 13.5. The highest BCUT2D eigenvalue weighted by Gasteiger charge is 2.03. The van der Waals surface area contributed by atoms with Crippen molar-refractivity contribution in [3.8, 4) is 0 Å². The Hall–Kier alpha value is -2.70. The van der Waals surface area contributed by atoms with Crippen molar-refractivity contribution in [1.29, 1.82) is 0 Å². The number of nitrogens with zero attached hydrogens (tertiary/aromatic N) is 2. The number of nitrogens with one attached hydrogen (secondary N) is 2. The molecule has 2 rings (SSSR count). The van der Waals surface area contributed by atoms with Gasteiger partial charge < -0.3 is 0 Å². The molecule has 0 spiro atoms. The lowest BCUT2D eigenvalue weighted by Crippen LogP contribution is -2.19. The third kappa shape index (κ3) is 8.79. The first-order valence-corrected chi connectivity index (χ1v) is 9.43. The summed E-state index contributed by atoms with van der Waals surface area (Å²) in [6.45, 7) is 0. The molecule has 0 aliphatic carbocycles. The maximum Gasteiger partial charge on any atom is 0.240 e. The molecular weight excluding hydrogens is 399 g/mol. The smallest absolute Gasteiger partial charge is 0.240 e. The Morgan fingerprint density at radius 2 is 1.21 bits per heavy atom. The number of rotatable bonds is 9. The summed E-state index contributed by atoms with van der Waals surface area (Å²) in [4.78, 5) is 23.4. The van der Waals surface area contributed by atoms with E-state index in [0.717, 1.165) is 11.1 Å². The Morgan fingerprint density at radius 3 is 1.61 bits per heavy atom. The average molecular weight is 419 g/mol. The van der Waals surface area contributed by atoms with E-state index in [0.29, 0.717) is 22.9 Å². The molecule has 146 valence electrons. The summed E-state index contributed by atoms with van der Waals surface area (Å²) in [6, 6.07) is 14.3. The van der Waals surface area contributed by atoms with E-state index in [1.807, 2.05) is 12.1 Å². The number of hydrogen-bond acceptors (Lipinski definition) is 4. The van der Waals surface area contributed by atoms with Crippen molar-refractivity contribution in [2.45, 2.75) is 25.7 Å². The van der Waals surface area contributed by atoms with Crippen LogP contribution in [0.1, 0.15) is 36.8 Å². The van der Waals surface area contributed by atoms with Gasteiger partial charge in [-0.1, -0.05) is 47.5 Å². The normalized spacial score (nSPS) is 11.1. The van der Waals surface area contributed by atoms with E-state index < -0.39 is 0 Å². The lowest BCUT2D eigenvalue weighted by molar-refractivity contribution is -0.123. The quantitative estimate of drug-likeness (QED) is 0.364. The topological polar surface area (TPSA) is 82.9 Å². The summed E-state index contributed by atoms with van der Waals surface area (Å²) < 4.78 is 0. The molecule has 2 N–H and O–H groups in total. The number of benzene rings is 2. The monoisotopic (exact) mass is 418 g/mol. The predicted molar refractivity (Wildman–Crippen MR) is 113 cm³/mol. The molecule has 2 amide bonds. The third-order valence-electron chi connectivity index (χ3n) is 3.56. The van der Waals surface area contributed by atoms with Gasteiger partial charge in [-0.25, -0.2) is 10.9 Å². The molecule has 0 heterocycles. The Bertz CT molecular complexity index is 797. The number of carbonyl (C=O) groups is 2. The summed E-state index contributed by atoms with van der Waals surface area (Å²) in [5.74, 6) is -0.421. The van der Waals surface area contributed by atoms with E-state index in [2.05, 4.69) is 21.1 Å². The van der Waals surface area contributed by atoms with Gasteiger partial charge >= 0.3 is 0 Å². The second-order valence-corrected chi connectivity index (χ2v) is 6.78. The number of unbranched alkanes of at least 4 members (excludes halogenated alkanes) is 1. The Kier molecular flexibility index (Phi) is 9.18. The second kappa shape index (κ2) is 11.9. The fourth-order valence-electron chi connectivity index (χ4n) is 2.21. The zero-order valence-electron chi connectivity index (χ0n) is 15.1. The van der Waals surface area contributed by atoms with Gasteiger partial charge in [-0.05, 0) is 48.2 Å². The molecule has 0 fully saturated rings. The zero-order chi connectivity index (χ0) is 20.2. The standard InChI is InChI=1S/C20H20Cl2N4O2/c21-17-7-3-5-15(11-17)13-23-25-19(27)9-1-2-10-20(28)26-24-14-16-6-4-8-18(22)12-16/h3-8,11-14H,1-2,9-10H2,(H,25,27)(H,26,28)/b23-13-,24-14-. The molecular formula is C20H20Cl2N4O2. The molecule has 0 aliphatic heterocycles. The van der Waals surface area contributed by atoms with Crippen molar-refractivity contribution in [2.75, 3.05) is 0 Å². The molecule has 0 bridgehead atoms. The molecule has 28 heavy (non-hydrogen) atoms. The predicted octanol–water partition coefficient (Wildman–Crippen LogP) is 4.15. The SMILES string of the molecule is O=C(CCCCC(=O)N/N=C\c1cccc(Cl)c1)N/N=C\c1cccc(Cl)c1. The van der Waals surface area contributed by atoms with Crippen LogP contribution in [0.15, 0.2) is 58.7 Å². The number of hydrogen-bond donors (Lipinski definition) is 2. The van der Waals surface area contributed by atoms with Gasteiger partial charge in [0.1, 0.15) is 0 Å². The highest BCUT2D eigenvalue weighted by Crippen LogP contribution is 2.09. The largest absolute Gasteiger partial charge is 0.273 e. The molecule has 0 radical (unpaired) electrons. The second-order valence-electron chi connectivity index (χ2n) is 5.90. The minimum atomic E-state index is -0.210. The van der Waals surface area contributed by atoms with E-state index in [1.165, 1.54) is 12.4 Å². The molecule has 0 saturated carbocycles. The first kappa shape index (κ1) is 21.6. The number of halogens is 2. The first-order valence-electron chi connectivity index (χ1n) is 8.68. The molecule has 0 unspecified atom stereocenters. The van der Waals surface area contributed by atoms with Gasteiger partial charge in [-0.15, -0.1) is 0 Å². The summed E-state index contributed by atoms with van der Waals surface area (Å²) in [5, 5.41) is 8.97. The lowest BCUT2D eigenvalue weighted by atomic mass is 10.2. The molecule has 0 aliphatic rings. The van der Waals surface area contributed by atoms with Crippen LogP contribution in [0.2, 0.25) is 10.0 Å². The maximum atomic E-state index is 11.7. The van der Waals surface area contributed by atoms with Crippen molar-refractivity contribution in [3.05, 3.63) is 69.7 Å². The van der Waals surface area contributed by atoms with Crippen LogP contribution in [0.4, 0.5) is 0 Å². The molecule has 0 atom stereocenters. The summed E-state index contributed by atoms with van der Waals surface area (Å²) in [7, 11) is 0. The third-order valence-corrected chi connectivity index (χ3v) is 4.03. The van der Waals surface area contributed by atoms with Gasteiger partial charge in [0.25, 0.3) is 0 Å². The van der Waals surface area contributed by atoms with Crippen LogP contribution >= 0.6 is 23.2 Å². The Labute approximate surface area is 173 Å². The van der Waals surface area contributed by atoms with Crippen LogP contribution in [0.3, 0.4) is 0 Å². The van der Waals surface area contributed by atoms with E-state index in [1.54, 1.807) is 36.4 Å². The summed E-state index contributed by atoms with van der Waals surface area (Å²) >= 11 is 11.7. The molecule has 6 nitrogen and oxygen atoms in total. The summed E-state index contributed by atoms with van der Waals surface area (Å²) in [5.41, 5.74) is 6.49. The van der Waals surface area contributed by atoms with E-state index in [9.17, 15) is 9.59 Å². The van der Waals surface area contributed by atoms with Gasteiger partial charge in [-0.3, -0.25) is 9.59 Å². The highest BCUT2D eigenvalue weighted by molar-refractivity contribution is 6.31. The van der Waals surface area contributed by atoms with E-state index in [-0.39, 0.29) is 24.7 Å². The van der Waals surface area contributed by atoms with Gasteiger partial charge in [0.2, 0.25) is 11.8 Å². The van der Waals surface area contributed by atoms with Crippen LogP contribution < -0.4 is 10.9 Å². The maximum absolute atomic E-state index is 11.7. The van der Waals surface area contributed by atoms with Crippen molar-refractivity contribution in [1.82, 2.24) is 10.9 Å². The van der Waals surface area contributed by atoms with Crippen molar-refractivity contribution in [2.24, 2.45) is 10.2 Å². The molecule has 0 aromatic heterocycles. The zero-order valence-corrected chi connectivity index (χ0v) is 16.6. The Morgan fingerprint density at radius 1 is 0.786 bits per heavy atom. The van der Waals surface area contributed by atoms with Crippen molar-refractivity contribution >= 4 is 47.4 Å². The number of carbonyl (C=O) groups excluding carboxylic acids is 2. The molecule has 8 heteroatoms. The Balaban J connectivity index is 1.58. The van der Waals surface area contributed by atoms with Gasteiger partial charge in [0.15, 0.2) is 0 Å². The highest BCUT2D eigenvalue weighted by atomic mass is 35.5. The van der Waals surface area contributed by atoms with Crippen LogP contribution in [0.25, 0.3) is 0 Å². The minimum absolute atomic E-state index is 0.210. The average Bonchev–Trinajstić information content (AvgIpc) is 2.65. The molecule has 2 aromatic rings. The van der Waals surface area contributed by atoms with Crippen molar-refractivity contribution in [3.63, 3.8) is 0 Å². The van der Waals surface area contributed by atoms with Crippen LogP contribution in [0.5, 0.6) is 0 Å². The van der Waals surface area contributed by atoms with Crippen molar-refractivity contribution < 1.29 is 9.59 Å². The van der Waals surface area contributed by atoms with Crippen LogP contribution in [-0.2, 0) is 9.59 Å². The van der Waals surface area contributed by atoms with E-state index in [4.69, 9.17) is 23.2 Å². The van der Waals surface area contributed by atoms with Gasteiger partial charge in [-0.2, -0.15) is 10.2 Å². The van der Waals surface area contributed by atoms with Crippen LogP contribution in [-0.4, -0.2) is 24.2 Å². The van der Waals surface area contributed by atoms with E-state index >= 15 is 0 Å². The number of hydrazone groups is 2. The van der Waals surface area contributed by atoms with Gasteiger partial charge in [0.05, 0.1) is 12.4 Å². The van der Waals surface area contributed by atoms with Crippen LogP contribution in [0, 0.1) is 0 Å². The number of amides is 2. The molecule has 0 saturated heterocycles. The summed E-state index contributed by atoms with van der Waals surface area (Å²) in [6.07, 6.45) is 4.76. The fraction of sp³-hybridized carbons (Fsp3) is 0.200. The minimum Gasteiger partial charge on any atom is -0.273 e. The van der Waals surface area contributed by atoms with Gasteiger partial charge in [0, 0.05) is 22.9 Å². The molecule has 2 aromatic carbocycles. The lowest BCUT2D eigenvalue weighted by Gasteiger charge is -2.01. The fourth-order valence-corrected chi connectivity index (χ4v) is 2.61.